The van der Waals surface area contributed by atoms with Gasteiger partial charge in [-0.25, -0.2) is 0 Å². The van der Waals surface area contributed by atoms with Crippen molar-refractivity contribution in [3.05, 3.63) is 54.2 Å². The van der Waals surface area contributed by atoms with Crippen LogP contribution in [0.3, 0.4) is 0 Å². The molecule has 4 rings (SSSR count). The van der Waals surface area contributed by atoms with Crippen LogP contribution in [-0.4, -0.2) is 4.98 Å². The van der Waals surface area contributed by atoms with E-state index in [-0.39, 0.29) is 0 Å². The molecule has 0 atom stereocenters. The van der Waals surface area contributed by atoms with Crippen molar-refractivity contribution in [1.82, 2.24) is 4.98 Å². The molecule has 0 aliphatic heterocycles. The van der Waals surface area contributed by atoms with Gasteiger partial charge in [0.25, 0.3) is 0 Å². The van der Waals surface area contributed by atoms with E-state index in [0.29, 0.717) is 0 Å². The first-order valence-electron chi connectivity index (χ1n) is 6.01. The van der Waals surface area contributed by atoms with Crippen LogP contribution in [0.15, 0.2) is 48.5 Å². The number of pyridine rings is 1. The first kappa shape index (κ1) is 10.0. The van der Waals surface area contributed by atoms with Gasteiger partial charge in [0.05, 0.1) is 15.9 Å². The van der Waals surface area contributed by atoms with Crippen molar-refractivity contribution in [2.24, 2.45) is 0 Å². The number of fused-ring (bicyclic) bond motifs is 5. The maximum Gasteiger partial charge on any atom is 0.0712 e. The molecule has 0 saturated heterocycles. The molecule has 1 nitrogen and oxygen atoms in total. The van der Waals surface area contributed by atoms with Crippen LogP contribution in [0.4, 0.5) is 0 Å². The highest BCUT2D eigenvalue weighted by Crippen LogP contribution is 2.38. The van der Waals surface area contributed by atoms with Crippen LogP contribution < -0.4 is 0 Å². The summed E-state index contributed by atoms with van der Waals surface area (Å²) in [6.07, 6.45) is 0. The number of hydrogen-bond acceptors (Lipinski definition) is 2. The minimum absolute atomic E-state index is 1.09. The van der Waals surface area contributed by atoms with Crippen molar-refractivity contribution in [3.8, 4) is 0 Å². The minimum Gasteiger partial charge on any atom is -0.252 e. The molecule has 0 N–H and O–H groups in total. The third kappa shape index (κ3) is 1.24. The number of para-hydroxylation sites is 1. The zero-order chi connectivity index (χ0) is 12.1. The highest BCUT2D eigenvalue weighted by atomic mass is 32.1. The minimum atomic E-state index is 1.09. The van der Waals surface area contributed by atoms with E-state index in [9.17, 15) is 0 Å². The van der Waals surface area contributed by atoms with Crippen molar-refractivity contribution in [2.75, 3.05) is 0 Å². The maximum atomic E-state index is 4.71. The fourth-order valence-corrected chi connectivity index (χ4v) is 3.74. The second-order valence-electron chi connectivity index (χ2n) is 4.52. The van der Waals surface area contributed by atoms with E-state index < -0.39 is 0 Å². The average molecular weight is 249 g/mol. The summed E-state index contributed by atoms with van der Waals surface area (Å²) in [6, 6.07) is 17.0. The van der Waals surface area contributed by atoms with E-state index in [1.807, 2.05) is 11.3 Å². The summed E-state index contributed by atoms with van der Waals surface area (Å²) in [4.78, 5) is 4.71. The summed E-state index contributed by atoms with van der Waals surface area (Å²) in [5.74, 6) is 0. The molecule has 0 bridgehead atoms. The van der Waals surface area contributed by atoms with E-state index in [2.05, 4.69) is 55.5 Å². The largest absolute Gasteiger partial charge is 0.252 e. The van der Waals surface area contributed by atoms with E-state index in [1.54, 1.807) is 0 Å². The van der Waals surface area contributed by atoms with Crippen LogP contribution in [0, 0.1) is 6.92 Å². The Bertz CT molecular complexity index is 889. The highest BCUT2D eigenvalue weighted by molar-refractivity contribution is 7.26. The molecule has 0 saturated carbocycles. The molecular formula is C16H11NS. The maximum absolute atomic E-state index is 4.71. The fourth-order valence-electron chi connectivity index (χ4n) is 2.58. The second kappa shape index (κ2) is 3.53. The predicted octanol–water partition coefficient (Wildman–Crippen LogP) is 4.91. The molecule has 0 unspecified atom stereocenters. The topological polar surface area (TPSA) is 12.9 Å². The van der Waals surface area contributed by atoms with Crippen molar-refractivity contribution >= 4 is 42.4 Å². The smallest absolute Gasteiger partial charge is 0.0712 e. The summed E-state index contributed by atoms with van der Waals surface area (Å²) >= 11 is 1.84. The van der Waals surface area contributed by atoms with Gasteiger partial charge in [-0.2, -0.15) is 0 Å². The number of nitrogens with zero attached hydrogens (tertiary/aromatic N) is 1. The van der Waals surface area contributed by atoms with Gasteiger partial charge in [0.1, 0.15) is 0 Å². The molecule has 0 fully saturated rings. The Balaban J connectivity index is 2.41. The van der Waals surface area contributed by atoms with Crippen molar-refractivity contribution in [2.45, 2.75) is 6.92 Å². The molecule has 18 heavy (non-hydrogen) atoms. The van der Waals surface area contributed by atoms with Crippen molar-refractivity contribution in [1.29, 1.82) is 0 Å². The molecule has 86 valence electrons. The van der Waals surface area contributed by atoms with Gasteiger partial charge in [0.2, 0.25) is 0 Å². The normalized spacial score (nSPS) is 11.6. The zero-order valence-electron chi connectivity index (χ0n) is 9.97. The third-order valence-electron chi connectivity index (χ3n) is 3.39. The van der Waals surface area contributed by atoms with E-state index in [4.69, 9.17) is 4.98 Å². The van der Waals surface area contributed by atoms with Gasteiger partial charge in [0, 0.05) is 20.9 Å². The lowest BCUT2D eigenvalue weighted by atomic mass is 10.1. The molecule has 2 heterocycles. The lowest BCUT2D eigenvalue weighted by Gasteiger charge is -2.02. The standard InChI is InChI=1S/C16H11NS/c1-10-16-15(11-6-2-4-8-13(11)17-10)12-7-3-5-9-14(12)18-16/h2-9H,1H3. The van der Waals surface area contributed by atoms with Gasteiger partial charge in [-0.1, -0.05) is 36.4 Å². The fraction of sp³-hybridized carbons (Fsp3) is 0.0625. The van der Waals surface area contributed by atoms with Gasteiger partial charge in [-0.05, 0) is 19.1 Å². The van der Waals surface area contributed by atoms with Crippen LogP contribution >= 0.6 is 11.3 Å². The van der Waals surface area contributed by atoms with Crippen LogP contribution in [0.25, 0.3) is 31.1 Å². The van der Waals surface area contributed by atoms with Crippen LogP contribution in [0.5, 0.6) is 0 Å². The molecule has 2 aromatic heterocycles. The molecule has 2 aromatic carbocycles. The van der Waals surface area contributed by atoms with Gasteiger partial charge >= 0.3 is 0 Å². The zero-order valence-corrected chi connectivity index (χ0v) is 10.8. The predicted molar refractivity (Wildman–Crippen MR) is 79.4 cm³/mol. The van der Waals surface area contributed by atoms with E-state index in [1.165, 1.54) is 25.6 Å². The Morgan fingerprint density at radius 3 is 2.50 bits per heavy atom. The van der Waals surface area contributed by atoms with Crippen molar-refractivity contribution in [3.63, 3.8) is 0 Å². The average Bonchev–Trinajstić information content (AvgIpc) is 2.79. The van der Waals surface area contributed by atoms with Gasteiger partial charge < -0.3 is 0 Å². The Morgan fingerprint density at radius 2 is 1.61 bits per heavy atom. The van der Waals surface area contributed by atoms with Gasteiger partial charge in [-0.3, -0.25) is 4.98 Å². The summed E-state index contributed by atoms with van der Waals surface area (Å²) in [5.41, 5.74) is 2.22. The Hall–Kier alpha value is -1.93. The summed E-state index contributed by atoms with van der Waals surface area (Å²) in [6.45, 7) is 2.10. The quantitative estimate of drug-likeness (QED) is 0.431. The van der Waals surface area contributed by atoms with E-state index >= 15 is 0 Å². The molecule has 2 heteroatoms. The lowest BCUT2D eigenvalue weighted by Crippen LogP contribution is -1.84. The molecule has 0 spiro atoms. The van der Waals surface area contributed by atoms with E-state index in [0.717, 1.165) is 11.2 Å². The highest BCUT2D eigenvalue weighted by Gasteiger charge is 2.11. The van der Waals surface area contributed by atoms with Gasteiger partial charge in [-0.15, -0.1) is 11.3 Å². The molecular weight excluding hydrogens is 238 g/mol. The molecule has 0 aliphatic rings. The molecule has 0 aliphatic carbocycles. The summed E-state index contributed by atoms with van der Waals surface area (Å²) in [5, 5.41) is 3.97. The lowest BCUT2D eigenvalue weighted by molar-refractivity contribution is 1.30. The monoisotopic (exact) mass is 249 g/mol. The first-order valence-corrected chi connectivity index (χ1v) is 6.83. The number of aromatic nitrogens is 1. The summed E-state index contributed by atoms with van der Waals surface area (Å²) in [7, 11) is 0. The number of hydrogen-bond donors (Lipinski definition) is 0. The Kier molecular flexibility index (Phi) is 1.97. The number of aryl methyl sites for hydroxylation is 1. The van der Waals surface area contributed by atoms with Crippen LogP contribution in [0.2, 0.25) is 0 Å². The second-order valence-corrected chi connectivity index (χ2v) is 5.57. The van der Waals surface area contributed by atoms with Crippen LogP contribution in [0.1, 0.15) is 5.69 Å². The number of thiophene rings is 1. The first-order chi connectivity index (χ1) is 8.84. The Morgan fingerprint density at radius 1 is 0.889 bits per heavy atom. The molecule has 0 amide bonds. The molecule has 0 radical (unpaired) electrons. The number of benzene rings is 2. The number of rotatable bonds is 0. The summed E-state index contributed by atoms with van der Waals surface area (Å²) < 4.78 is 2.66. The Labute approximate surface area is 109 Å². The molecule has 4 aromatic rings. The van der Waals surface area contributed by atoms with Crippen LogP contribution in [-0.2, 0) is 0 Å². The van der Waals surface area contributed by atoms with Crippen molar-refractivity contribution < 1.29 is 0 Å². The third-order valence-corrected chi connectivity index (χ3v) is 4.67. The van der Waals surface area contributed by atoms with Gasteiger partial charge in [0.15, 0.2) is 0 Å². The SMILES string of the molecule is Cc1nc2ccccc2c2c1sc1ccccc12.